The van der Waals surface area contributed by atoms with Crippen molar-refractivity contribution < 1.29 is 9.59 Å². The molecule has 3 rings (SSSR count). The first-order valence-electron chi connectivity index (χ1n) is 9.26. The van der Waals surface area contributed by atoms with Crippen molar-refractivity contribution in [2.45, 2.75) is 39.5 Å². The van der Waals surface area contributed by atoms with Crippen molar-refractivity contribution in [3.8, 4) is 0 Å². The summed E-state index contributed by atoms with van der Waals surface area (Å²) in [4.78, 5) is 23.5. The van der Waals surface area contributed by atoms with Crippen molar-refractivity contribution in [1.29, 1.82) is 0 Å². The maximum Gasteiger partial charge on any atom is 0.246 e. The highest BCUT2D eigenvalue weighted by Crippen LogP contribution is 2.62. The summed E-state index contributed by atoms with van der Waals surface area (Å²) < 4.78 is 0. The third kappa shape index (κ3) is 3.15. The zero-order chi connectivity index (χ0) is 17.4. The number of hydrogen-bond donors (Lipinski definition) is 2. The second-order valence-electron chi connectivity index (χ2n) is 8.21. The first kappa shape index (κ1) is 17.2. The van der Waals surface area contributed by atoms with Gasteiger partial charge in [-0.3, -0.25) is 9.59 Å². The largest absolute Gasteiger partial charge is 0.352 e. The zero-order valence-corrected chi connectivity index (χ0v) is 14.9. The van der Waals surface area contributed by atoms with Gasteiger partial charge in [0.2, 0.25) is 11.8 Å². The van der Waals surface area contributed by atoms with E-state index in [0.717, 1.165) is 36.8 Å². The average molecular weight is 330 g/mol. The van der Waals surface area contributed by atoms with E-state index in [4.69, 9.17) is 0 Å². The first-order chi connectivity index (χ1) is 11.4. The SMILES string of the molecule is C=C(C)C(=O)NCC1CC2CC1C1CCC(CNC(=O)C(=C)C)C21. The van der Waals surface area contributed by atoms with Gasteiger partial charge in [0, 0.05) is 24.2 Å². The molecule has 3 aliphatic carbocycles. The second-order valence-corrected chi connectivity index (χ2v) is 8.21. The van der Waals surface area contributed by atoms with E-state index >= 15 is 0 Å². The number of amides is 2. The second kappa shape index (κ2) is 6.73. The van der Waals surface area contributed by atoms with Crippen molar-refractivity contribution in [3.63, 3.8) is 0 Å². The van der Waals surface area contributed by atoms with Gasteiger partial charge in [0.05, 0.1) is 0 Å². The van der Waals surface area contributed by atoms with Gasteiger partial charge < -0.3 is 10.6 Å². The minimum Gasteiger partial charge on any atom is -0.352 e. The van der Waals surface area contributed by atoms with E-state index in [1.54, 1.807) is 13.8 Å². The lowest BCUT2D eigenvalue weighted by Crippen LogP contribution is -2.38. The number of hydrogen-bond acceptors (Lipinski definition) is 2. The van der Waals surface area contributed by atoms with E-state index in [-0.39, 0.29) is 11.8 Å². The Hall–Kier alpha value is -1.58. The molecule has 0 aromatic carbocycles. The lowest BCUT2D eigenvalue weighted by atomic mass is 9.73. The Morgan fingerprint density at radius 2 is 1.46 bits per heavy atom. The van der Waals surface area contributed by atoms with Gasteiger partial charge in [-0.2, -0.15) is 0 Å². The lowest BCUT2D eigenvalue weighted by Gasteiger charge is -2.34. The van der Waals surface area contributed by atoms with Crippen LogP contribution in [0.4, 0.5) is 0 Å². The molecule has 0 radical (unpaired) electrons. The molecule has 6 atom stereocenters. The quantitative estimate of drug-likeness (QED) is 0.736. The Balaban J connectivity index is 1.53. The van der Waals surface area contributed by atoms with Crippen LogP contribution in [0.5, 0.6) is 0 Å². The molecule has 4 heteroatoms. The predicted octanol–water partition coefficient (Wildman–Crippen LogP) is 2.67. The van der Waals surface area contributed by atoms with Gasteiger partial charge in [-0.25, -0.2) is 0 Å². The van der Waals surface area contributed by atoms with Crippen molar-refractivity contribution >= 4 is 11.8 Å². The Kier molecular flexibility index (Phi) is 4.84. The summed E-state index contributed by atoms with van der Waals surface area (Å²) in [5.41, 5.74) is 1.18. The third-order valence-corrected chi connectivity index (χ3v) is 6.61. The molecule has 2 bridgehead atoms. The summed E-state index contributed by atoms with van der Waals surface area (Å²) in [7, 11) is 0. The van der Waals surface area contributed by atoms with Crippen LogP contribution >= 0.6 is 0 Å². The van der Waals surface area contributed by atoms with Gasteiger partial charge in [-0.05, 0) is 75.0 Å². The van der Waals surface area contributed by atoms with Gasteiger partial charge in [0.25, 0.3) is 0 Å². The summed E-state index contributed by atoms with van der Waals surface area (Å²) >= 11 is 0. The minimum atomic E-state index is -0.0128. The van der Waals surface area contributed by atoms with Gasteiger partial charge in [0.15, 0.2) is 0 Å². The molecule has 2 amide bonds. The van der Waals surface area contributed by atoms with Gasteiger partial charge in [0.1, 0.15) is 0 Å². The third-order valence-electron chi connectivity index (χ3n) is 6.61. The van der Waals surface area contributed by atoms with Crippen LogP contribution in [0.1, 0.15) is 39.5 Å². The highest BCUT2D eigenvalue weighted by molar-refractivity contribution is 5.92. The molecular formula is C20H30N2O2. The number of rotatable bonds is 6. The van der Waals surface area contributed by atoms with Crippen LogP contribution in [0.3, 0.4) is 0 Å². The summed E-state index contributed by atoms with van der Waals surface area (Å²) in [6.45, 7) is 12.5. The highest BCUT2D eigenvalue weighted by atomic mass is 16.2. The molecular weight excluding hydrogens is 300 g/mol. The molecule has 2 N–H and O–H groups in total. The fraction of sp³-hybridized carbons (Fsp3) is 0.700. The maximum absolute atomic E-state index is 11.7. The maximum atomic E-state index is 11.7. The molecule has 0 saturated heterocycles. The monoisotopic (exact) mass is 330 g/mol. The van der Waals surface area contributed by atoms with E-state index in [1.165, 1.54) is 25.7 Å². The zero-order valence-electron chi connectivity index (χ0n) is 14.9. The van der Waals surface area contributed by atoms with Crippen LogP contribution in [0.15, 0.2) is 24.3 Å². The molecule has 4 nitrogen and oxygen atoms in total. The molecule has 6 unspecified atom stereocenters. The molecule has 0 spiro atoms. The van der Waals surface area contributed by atoms with E-state index in [0.29, 0.717) is 23.0 Å². The Bertz CT molecular complexity index is 568. The number of carbonyl (C=O) groups excluding carboxylic acids is 2. The lowest BCUT2D eigenvalue weighted by molar-refractivity contribution is -0.118. The number of nitrogens with one attached hydrogen (secondary N) is 2. The Morgan fingerprint density at radius 3 is 2.04 bits per heavy atom. The van der Waals surface area contributed by atoms with E-state index in [2.05, 4.69) is 23.8 Å². The van der Waals surface area contributed by atoms with Crippen molar-refractivity contribution in [2.75, 3.05) is 13.1 Å². The molecule has 24 heavy (non-hydrogen) atoms. The molecule has 0 aromatic rings. The van der Waals surface area contributed by atoms with Crippen molar-refractivity contribution in [3.05, 3.63) is 24.3 Å². The number of fused-ring (bicyclic) bond motifs is 5. The molecule has 0 heterocycles. The summed E-state index contributed by atoms with van der Waals surface area (Å²) in [5.74, 6) is 4.33. The minimum absolute atomic E-state index is 0.0120. The fourth-order valence-corrected chi connectivity index (χ4v) is 5.64. The van der Waals surface area contributed by atoms with Crippen molar-refractivity contribution in [1.82, 2.24) is 10.6 Å². The van der Waals surface area contributed by atoms with Crippen LogP contribution in [0.2, 0.25) is 0 Å². The normalized spacial score (nSPS) is 36.2. The van der Waals surface area contributed by atoms with Crippen molar-refractivity contribution in [2.24, 2.45) is 35.5 Å². The fourth-order valence-electron chi connectivity index (χ4n) is 5.64. The Labute approximate surface area is 145 Å². The van der Waals surface area contributed by atoms with Gasteiger partial charge >= 0.3 is 0 Å². The van der Waals surface area contributed by atoms with Crippen LogP contribution in [0, 0.1) is 35.5 Å². The molecule has 3 saturated carbocycles. The van der Waals surface area contributed by atoms with Gasteiger partial charge in [-0.15, -0.1) is 0 Å². The van der Waals surface area contributed by atoms with E-state index in [1.807, 2.05) is 0 Å². The van der Waals surface area contributed by atoms with E-state index < -0.39 is 0 Å². The molecule has 0 aliphatic heterocycles. The number of carbonyl (C=O) groups is 2. The smallest absolute Gasteiger partial charge is 0.246 e. The molecule has 0 aromatic heterocycles. The predicted molar refractivity (Wildman–Crippen MR) is 95.1 cm³/mol. The molecule has 3 aliphatic rings. The highest BCUT2D eigenvalue weighted by Gasteiger charge is 2.56. The summed E-state index contributed by atoms with van der Waals surface area (Å²) in [6, 6.07) is 0. The average Bonchev–Trinajstić information content (AvgIpc) is 3.21. The first-order valence-corrected chi connectivity index (χ1v) is 9.26. The van der Waals surface area contributed by atoms with Crippen LogP contribution in [-0.2, 0) is 9.59 Å². The van der Waals surface area contributed by atoms with Crippen LogP contribution in [0.25, 0.3) is 0 Å². The standard InChI is InChI=1S/C20H30N2O2/c1-11(2)19(23)21-9-13-5-6-16-17-8-14(18(13)16)7-15(17)10-22-20(24)12(3)4/h13-18H,1,3,5-10H2,2,4H3,(H,21,23)(H,22,24). The molecule has 132 valence electrons. The van der Waals surface area contributed by atoms with Gasteiger partial charge in [-0.1, -0.05) is 13.2 Å². The van der Waals surface area contributed by atoms with Crippen LogP contribution in [-0.4, -0.2) is 24.9 Å². The van der Waals surface area contributed by atoms with E-state index in [9.17, 15) is 9.59 Å². The topological polar surface area (TPSA) is 58.2 Å². The summed E-state index contributed by atoms with van der Waals surface area (Å²) in [5, 5.41) is 6.10. The molecule has 3 fully saturated rings. The summed E-state index contributed by atoms with van der Waals surface area (Å²) in [6.07, 6.45) is 5.05. The Morgan fingerprint density at radius 1 is 0.875 bits per heavy atom. The van der Waals surface area contributed by atoms with Crippen LogP contribution < -0.4 is 10.6 Å².